The number of hydrogen-bond donors (Lipinski definition) is 1. The lowest BCUT2D eigenvalue weighted by Gasteiger charge is -2.29. The molecule has 1 saturated heterocycles. The Bertz CT molecular complexity index is 453. The Kier molecular flexibility index (Phi) is 4.30. The molecule has 2 aliphatic rings. The Balaban J connectivity index is 1.79. The van der Waals surface area contributed by atoms with E-state index in [1.54, 1.807) is 5.56 Å². The largest absolute Gasteiger partial charge is 0.371 e. The van der Waals surface area contributed by atoms with Crippen molar-refractivity contribution in [1.29, 1.82) is 0 Å². The van der Waals surface area contributed by atoms with Gasteiger partial charge >= 0.3 is 0 Å². The SMILES string of the molecule is CC(C)C1CCCN(c2cccc3c2CCNC3)CC1. The fourth-order valence-corrected chi connectivity index (χ4v) is 3.84. The van der Waals surface area contributed by atoms with Crippen LogP contribution in [0.3, 0.4) is 0 Å². The lowest BCUT2D eigenvalue weighted by molar-refractivity contribution is 0.351. The summed E-state index contributed by atoms with van der Waals surface area (Å²) >= 11 is 0. The highest BCUT2D eigenvalue weighted by Crippen LogP contribution is 2.31. The zero-order valence-electron chi connectivity index (χ0n) is 13.0. The number of anilines is 1. The van der Waals surface area contributed by atoms with E-state index in [1.807, 2.05) is 0 Å². The Hall–Kier alpha value is -1.02. The molecule has 1 fully saturated rings. The van der Waals surface area contributed by atoms with Crippen LogP contribution < -0.4 is 10.2 Å². The molecule has 0 aromatic heterocycles. The van der Waals surface area contributed by atoms with Gasteiger partial charge in [-0.05, 0) is 61.3 Å². The number of rotatable bonds is 2. The van der Waals surface area contributed by atoms with Crippen LogP contribution in [0.2, 0.25) is 0 Å². The van der Waals surface area contributed by atoms with Crippen LogP contribution >= 0.6 is 0 Å². The molecule has 1 aromatic rings. The van der Waals surface area contributed by atoms with Crippen LogP contribution in [0.15, 0.2) is 18.2 Å². The van der Waals surface area contributed by atoms with Crippen molar-refractivity contribution in [3.8, 4) is 0 Å². The fraction of sp³-hybridized carbons (Fsp3) is 0.667. The predicted octanol–water partition coefficient (Wildman–Crippen LogP) is 3.59. The number of nitrogens with zero attached hydrogens (tertiary/aromatic N) is 1. The van der Waals surface area contributed by atoms with E-state index in [1.165, 1.54) is 50.0 Å². The summed E-state index contributed by atoms with van der Waals surface area (Å²) in [7, 11) is 0. The Morgan fingerprint density at radius 1 is 1.20 bits per heavy atom. The third-order valence-corrected chi connectivity index (χ3v) is 5.17. The molecular formula is C18H28N2. The van der Waals surface area contributed by atoms with Crippen molar-refractivity contribution in [1.82, 2.24) is 5.32 Å². The van der Waals surface area contributed by atoms with Crippen molar-refractivity contribution in [3.05, 3.63) is 29.3 Å². The van der Waals surface area contributed by atoms with Crippen LogP contribution in [0.1, 0.15) is 44.2 Å². The van der Waals surface area contributed by atoms with E-state index in [2.05, 4.69) is 42.3 Å². The topological polar surface area (TPSA) is 15.3 Å². The van der Waals surface area contributed by atoms with Crippen LogP contribution in [0.25, 0.3) is 0 Å². The first-order valence-electron chi connectivity index (χ1n) is 8.32. The zero-order valence-corrected chi connectivity index (χ0v) is 13.0. The zero-order chi connectivity index (χ0) is 13.9. The molecule has 2 heteroatoms. The van der Waals surface area contributed by atoms with Gasteiger partial charge in [0.25, 0.3) is 0 Å². The first-order chi connectivity index (χ1) is 9.75. The van der Waals surface area contributed by atoms with E-state index in [9.17, 15) is 0 Å². The second kappa shape index (κ2) is 6.17. The molecule has 0 saturated carbocycles. The maximum atomic E-state index is 3.49. The van der Waals surface area contributed by atoms with Gasteiger partial charge in [-0.3, -0.25) is 0 Å². The molecule has 2 aliphatic heterocycles. The van der Waals surface area contributed by atoms with E-state index < -0.39 is 0 Å². The summed E-state index contributed by atoms with van der Waals surface area (Å²) in [6, 6.07) is 6.88. The van der Waals surface area contributed by atoms with E-state index in [0.29, 0.717) is 0 Å². The van der Waals surface area contributed by atoms with Gasteiger partial charge < -0.3 is 10.2 Å². The summed E-state index contributed by atoms with van der Waals surface area (Å²) in [6.45, 7) is 9.44. The van der Waals surface area contributed by atoms with Crippen LogP contribution in [0.5, 0.6) is 0 Å². The van der Waals surface area contributed by atoms with E-state index >= 15 is 0 Å². The monoisotopic (exact) mass is 272 g/mol. The smallest absolute Gasteiger partial charge is 0.0402 e. The van der Waals surface area contributed by atoms with Gasteiger partial charge in [-0.2, -0.15) is 0 Å². The van der Waals surface area contributed by atoms with E-state index in [-0.39, 0.29) is 0 Å². The number of hydrogen-bond acceptors (Lipinski definition) is 2. The van der Waals surface area contributed by atoms with Crippen molar-refractivity contribution in [3.63, 3.8) is 0 Å². The first kappa shape index (κ1) is 13.9. The van der Waals surface area contributed by atoms with Gasteiger partial charge in [0.05, 0.1) is 0 Å². The Morgan fingerprint density at radius 2 is 2.10 bits per heavy atom. The van der Waals surface area contributed by atoms with Gasteiger partial charge in [0, 0.05) is 25.3 Å². The molecule has 1 N–H and O–H groups in total. The maximum Gasteiger partial charge on any atom is 0.0402 e. The lowest BCUT2D eigenvalue weighted by atomic mass is 9.89. The van der Waals surface area contributed by atoms with Gasteiger partial charge in [0.1, 0.15) is 0 Å². The van der Waals surface area contributed by atoms with Crippen LogP contribution in [-0.2, 0) is 13.0 Å². The van der Waals surface area contributed by atoms with Crippen LogP contribution in [0, 0.1) is 11.8 Å². The molecule has 1 aromatic carbocycles. The second-order valence-electron chi connectivity index (χ2n) is 6.76. The molecule has 1 unspecified atom stereocenters. The number of benzene rings is 1. The molecule has 20 heavy (non-hydrogen) atoms. The van der Waals surface area contributed by atoms with Crippen molar-refractivity contribution < 1.29 is 0 Å². The van der Waals surface area contributed by atoms with E-state index in [4.69, 9.17) is 0 Å². The maximum absolute atomic E-state index is 3.49. The predicted molar refractivity (Wildman–Crippen MR) is 86.2 cm³/mol. The van der Waals surface area contributed by atoms with Crippen molar-refractivity contribution in [2.24, 2.45) is 11.8 Å². The minimum atomic E-state index is 0.837. The molecule has 110 valence electrons. The summed E-state index contributed by atoms with van der Waals surface area (Å²) < 4.78 is 0. The molecule has 0 aliphatic carbocycles. The Morgan fingerprint density at radius 3 is 2.95 bits per heavy atom. The molecule has 3 rings (SSSR count). The van der Waals surface area contributed by atoms with Crippen LogP contribution in [-0.4, -0.2) is 19.6 Å². The molecular weight excluding hydrogens is 244 g/mol. The normalized spacial score (nSPS) is 23.6. The highest BCUT2D eigenvalue weighted by molar-refractivity contribution is 5.57. The molecule has 0 spiro atoms. The lowest BCUT2D eigenvalue weighted by Crippen LogP contribution is -2.29. The quantitative estimate of drug-likeness (QED) is 0.885. The van der Waals surface area contributed by atoms with Crippen molar-refractivity contribution in [2.75, 3.05) is 24.5 Å². The minimum absolute atomic E-state index is 0.837. The second-order valence-corrected chi connectivity index (χ2v) is 6.76. The van der Waals surface area contributed by atoms with E-state index in [0.717, 1.165) is 24.9 Å². The van der Waals surface area contributed by atoms with Gasteiger partial charge in [-0.15, -0.1) is 0 Å². The summed E-state index contributed by atoms with van der Waals surface area (Å²) in [5.74, 6) is 1.75. The molecule has 2 heterocycles. The number of fused-ring (bicyclic) bond motifs is 1. The van der Waals surface area contributed by atoms with Gasteiger partial charge in [-0.1, -0.05) is 26.0 Å². The first-order valence-corrected chi connectivity index (χ1v) is 8.32. The average molecular weight is 272 g/mol. The number of nitrogens with one attached hydrogen (secondary N) is 1. The third-order valence-electron chi connectivity index (χ3n) is 5.17. The molecule has 1 atom stereocenters. The fourth-order valence-electron chi connectivity index (χ4n) is 3.84. The summed E-state index contributed by atoms with van der Waals surface area (Å²) in [4.78, 5) is 2.66. The molecule has 0 radical (unpaired) electrons. The highest BCUT2D eigenvalue weighted by Gasteiger charge is 2.22. The summed E-state index contributed by atoms with van der Waals surface area (Å²) in [5.41, 5.74) is 4.64. The molecule has 0 bridgehead atoms. The molecule has 0 amide bonds. The highest BCUT2D eigenvalue weighted by atomic mass is 15.1. The standard InChI is InChI=1S/C18H28N2/c1-14(2)15-6-4-11-20(12-9-15)18-7-3-5-16-13-19-10-8-17(16)18/h3,5,7,14-15,19H,4,6,8-13H2,1-2H3. The summed E-state index contributed by atoms with van der Waals surface area (Å²) in [5, 5.41) is 3.49. The van der Waals surface area contributed by atoms with Crippen LogP contribution in [0.4, 0.5) is 5.69 Å². The summed E-state index contributed by atoms with van der Waals surface area (Å²) in [6.07, 6.45) is 5.31. The Labute approximate surface area is 123 Å². The van der Waals surface area contributed by atoms with Gasteiger partial charge in [0.15, 0.2) is 0 Å². The molecule has 2 nitrogen and oxygen atoms in total. The third kappa shape index (κ3) is 2.85. The van der Waals surface area contributed by atoms with Gasteiger partial charge in [-0.25, -0.2) is 0 Å². The average Bonchev–Trinajstić information content (AvgIpc) is 2.72. The van der Waals surface area contributed by atoms with Gasteiger partial charge in [0.2, 0.25) is 0 Å². The minimum Gasteiger partial charge on any atom is -0.371 e. The van der Waals surface area contributed by atoms with Crippen molar-refractivity contribution in [2.45, 2.75) is 46.1 Å². The van der Waals surface area contributed by atoms with Crippen molar-refractivity contribution >= 4 is 5.69 Å².